The molecule has 1 aliphatic rings. The quantitative estimate of drug-likeness (QED) is 0.725. The van der Waals surface area contributed by atoms with Crippen LogP contribution in [0.1, 0.15) is 40.0 Å². The third kappa shape index (κ3) is 3.67. The summed E-state index contributed by atoms with van der Waals surface area (Å²) >= 11 is 0. The van der Waals surface area contributed by atoms with E-state index in [1.807, 2.05) is 6.92 Å². The normalized spacial score (nSPS) is 34.2. The first-order valence-corrected chi connectivity index (χ1v) is 7.04. The molecule has 0 spiro atoms. The first kappa shape index (κ1) is 14.9. The van der Waals surface area contributed by atoms with E-state index in [1.165, 1.54) is 19.3 Å². The molecule has 0 aliphatic heterocycles. The number of nitrogens with two attached hydrogens (primary N) is 1. The molecule has 102 valence electrons. The monoisotopic (exact) mass is 242 g/mol. The van der Waals surface area contributed by atoms with Gasteiger partial charge in [0.15, 0.2) is 0 Å². The summed E-state index contributed by atoms with van der Waals surface area (Å²) in [6.45, 7) is 10.2. The van der Waals surface area contributed by atoms with Gasteiger partial charge in [-0.15, -0.1) is 0 Å². The summed E-state index contributed by atoms with van der Waals surface area (Å²) in [4.78, 5) is 2.44. The molecule has 0 saturated heterocycles. The van der Waals surface area contributed by atoms with Crippen LogP contribution in [0.25, 0.3) is 0 Å². The first-order chi connectivity index (χ1) is 8.05. The van der Waals surface area contributed by atoms with Crippen molar-refractivity contribution in [1.29, 1.82) is 0 Å². The minimum atomic E-state index is 0.211. The summed E-state index contributed by atoms with van der Waals surface area (Å²) in [6, 6.07) is 0. The SMILES string of the molecule is CCOCCN(C)C1(CN)CCC(C)C(C)C1. The molecule has 2 N–H and O–H groups in total. The highest BCUT2D eigenvalue weighted by Crippen LogP contribution is 2.38. The van der Waals surface area contributed by atoms with Gasteiger partial charge in [-0.3, -0.25) is 4.90 Å². The van der Waals surface area contributed by atoms with E-state index in [4.69, 9.17) is 10.5 Å². The highest BCUT2D eigenvalue weighted by atomic mass is 16.5. The molecule has 0 bridgehead atoms. The van der Waals surface area contributed by atoms with Crippen LogP contribution in [0.15, 0.2) is 0 Å². The largest absolute Gasteiger partial charge is 0.380 e. The summed E-state index contributed by atoms with van der Waals surface area (Å²) in [7, 11) is 2.20. The van der Waals surface area contributed by atoms with Crippen molar-refractivity contribution in [3.05, 3.63) is 0 Å². The molecule has 3 heteroatoms. The zero-order valence-electron chi connectivity index (χ0n) is 12.0. The molecule has 17 heavy (non-hydrogen) atoms. The highest BCUT2D eigenvalue weighted by Gasteiger charge is 2.39. The Balaban J connectivity index is 2.55. The predicted molar refractivity (Wildman–Crippen MR) is 73.1 cm³/mol. The van der Waals surface area contributed by atoms with Crippen LogP contribution in [-0.2, 0) is 4.74 Å². The van der Waals surface area contributed by atoms with Gasteiger partial charge in [0.05, 0.1) is 6.61 Å². The molecule has 0 radical (unpaired) electrons. The minimum absolute atomic E-state index is 0.211. The Morgan fingerprint density at radius 1 is 1.35 bits per heavy atom. The molecule has 1 saturated carbocycles. The molecule has 0 amide bonds. The van der Waals surface area contributed by atoms with E-state index in [2.05, 4.69) is 25.8 Å². The Morgan fingerprint density at radius 3 is 2.59 bits per heavy atom. The standard InChI is InChI=1S/C14H30N2O/c1-5-17-9-8-16(4)14(11-15)7-6-12(2)13(3)10-14/h12-13H,5-11,15H2,1-4H3. The lowest BCUT2D eigenvalue weighted by Gasteiger charge is -2.48. The summed E-state index contributed by atoms with van der Waals surface area (Å²) in [5, 5.41) is 0. The molecule has 3 atom stereocenters. The molecule has 1 rings (SSSR count). The zero-order valence-corrected chi connectivity index (χ0v) is 12.0. The zero-order chi connectivity index (χ0) is 12.9. The van der Waals surface area contributed by atoms with Crippen molar-refractivity contribution in [2.24, 2.45) is 17.6 Å². The molecule has 1 fully saturated rings. The number of nitrogens with zero attached hydrogens (tertiary/aromatic N) is 1. The van der Waals surface area contributed by atoms with Crippen molar-refractivity contribution >= 4 is 0 Å². The van der Waals surface area contributed by atoms with Crippen molar-refractivity contribution in [3.8, 4) is 0 Å². The number of hydrogen-bond donors (Lipinski definition) is 1. The predicted octanol–water partition coefficient (Wildman–Crippen LogP) is 2.11. The van der Waals surface area contributed by atoms with Crippen LogP contribution in [0.4, 0.5) is 0 Å². The molecular formula is C14H30N2O. The Morgan fingerprint density at radius 2 is 2.06 bits per heavy atom. The van der Waals surface area contributed by atoms with Crippen LogP contribution in [0, 0.1) is 11.8 Å². The van der Waals surface area contributed by atoms with E-state index >= 15 is 0 Å². The van der Waals surface area contributed by atoms with Gasteiger partial charge in [0.25, 0.3) is 0 Å². The third-order valence-corrected chi connectivity index (χ3v) is 4.70. The molecule has 0 aromatic heterocycles. The van der Waals surface area contributed by atoms with Gasteiger partial charge in [0, 0.05) is 25.2 Å². The van der Waals surface area contributed by atoms with Gasteiger partial charge >= 0.3 is 0 Å². The van der Waals surface area contributed by atoms with Crippen LogP contribution in [-0.4, -0.2) is 43.8 Å². The van der Waals surface area contributed by atoms with Gasteiger partial charge < -0.3 is 10.5 Å². The Hall–Kier alpha value is -0.120. The van der Waals surface area contributed by atoms with Crippen molar-refractivity contribution in [2.75, 3.05) is 33.4 Å². The van der Waals surface area contributed by atoms with Crippen LogP contribution in [0.2, 0.25) is 0 Å². The summed E-state index contributed by atoms with van der Waals surface area (Å²) in [6.07, 6.45) is 3.77. The lowest BCUT2D eigenvalue weighted by molar-refractivity contribution is 0.0182. The van der Waals surface area contributed by atoms with Gasteiger partial charge in [-0.1, -0.05) is 13.8 Å². The average molecular weight is 242 g/mol. The van der Waals surface area contributed by atoms with Gasteiger partial charge in [0.2, 0.25) is 0 Å². The van der Waals surface area contributed by atoms with Crippen LogP contribution in [0.5, 0.6) is 0 Å². The van der Waals surface area contributed by atoms with Gasteiger partial charge in [0.1, 0.15) is 0 Å². The molecule has 3 unspecified atom stereocenters. The molecule has 0 heterocycles. The number of rotatable bonds is 6. The van der Waals surface area contributed by atoms with Crippen LogP contribution in [0.3, 0.4) is 0 Å². The van der Waals surface area contributed by atoms with E-state index in [-0.39, 0.29) is 5.54 Å². The van der Waals surface area contributed by atoms with E-state index < -0.39 is 0 Å². The second kappa shape index (κ2) is 6.72. The Labute approximate surface area is 107 Å². The second-order valence-electron chi connectivity index (χ2n) is 5.74. The lowest BCUT2D eigenvalue weighted by Crippen LogP contribution is -2.56. The smallest absolute Gasteiger partial charge is 0.0593 e. The van der Waals surface area contributed by atoms with E-state index in [9.17, 15) is 0 Å². The van der Waals surface area contributed by atoms with Crippen molar-refractivity contribution < 1.29 is 4.74 Å². The fourth-order valence-corrected chi connectivity index (χ4v) is 2.95. The maximum absolute atomic E-state index is 6.07. The summed E-state index contributed by atoms with van der Waals surface area (Å²) in [5.41, 5.74) is 6.28. The molecule has 0 aromatic carbocycles. The Bertz CT molecular complexity index is 222. The number of likely N-dealkylation sites (N-methyl/N-ethyl adjacent to an activating group) is 1. The maximum Gasteiger partial charge on any atom is 0.0593 e. The first-order valence-electron chi connectivity index (χ1n) is 7.04. The fourth-order valence-electron chi connectivity index (χ4n) is 2.95. The number of hydrogen-bond acceptors (Lipinski definition) is 3. The average Bonchev–Trinajstić information content (AvgIpc) is 2.33. The second-order valence-corrected chi connectivity index (χ2v) is 5.74. The van der Waals surface area contributed by atoms with Crippen LogP contribution < -0.4 is 5.73 Å². The van der Waals surface area contributed by atoms with Crippen molar-refractivity contribution in [3.63, 3.8) is 0 Å². The number of ether oxygens (including phenoxy) is 1. The topological polar surface area (TPSA) is 38.5 Å². The molecular weight excluding hydrogens is 212 g/mol. The highest BCUT2D eigenvalue weighted by molar-refractivity contribution is 4.96. The van der Waals surface area contributed by atoms with Crippen LogP contribution >= 0.6 is 0 Å². The fraction of sp³-hybridized carbons (Fsp3) is 1.00. The van der Waals surface area contributed by atoms with Gasteiger partial charge in [-0.2, -0.15) is 0 Å². The Kier molecular flexibility index (Phi) is 5.90. The van der Waals surface area contributed by atoms with Crippen molar-refractivity contribution in [1.82, 2.24) is 4.90 Å². The summed E-state index contributed by atoms with van der Waals surface area (Å²) in [5.74, 6) is 1.62. The van der Waals surface area contributed by atoms with E-state index in [0.29, 0.717) is 0 Å². The third-order valence-electron chi connectivity index (χ3n) is 4.70. The lowest BCUT2D eigenvalue weighted by atomic mass is 9.70. The van der Waals surface area contributed by atoms with Crippen molar-refractivity contribution in [2.45, 2.75) is 45.6 Å². The maximum atomic E-state index is 6.07. The van der Waals surface area contributed by atoms with E-state index in [0.717, 1.165) is 38.1 Å². The minimum Gasteiger partial charge on any atom is -0.380 e. The summed E-state index contributed by atoms with van der Waals surface area (Å²) < 4.78 is 5.45. The van der Waals surface area contributed by atoms with Gasteiger partial charge in [-0.05, 0) is 45.1 Å². The molecule has 0 aromatic rings. The van der Waals surface area contributed by atoms with E-state index in [1.54, 1.807) is 0 Å². The molecule has 3 nitrogen and oxygen atoms in total. The molecule has 1 aliphatic carbocycles. The van der Waals surface area contributed by atoms with Gasteiger partial charge in [-0.25, -0.2) is 0 Å².